The van der Waals surface area contributed by atoms with Crippen molar-refractivity contribution in [3.05, 3.63) is 0 Å². The first kappa shape index (κ1) is 22.8. The Morgan fingerprint density at radius 3 is 1.28 bits per heavy atom. The lowest BCUT2D eigenvalue weighted by atomic mass is 10.7. The zero-order chi connectivity index (χ0) is 21.2. The molecule has 0 aliphatic carbocycles. The third-order valence-corrected chi connectivity index (χ3v) is 4.49. The SMILES string of the molecule is O=C1COCC(=O)OP(OC(=O)COCC(=O)OP2OC(=O)COCC(=O)O2)O1. The molecule has 0 saturated carbocycles. The third kappa shape index (κ3) is 9.07. The molecule has 0 unspecified atom stereocenters. The van der Waals surface area contributed by atoms with Gasteiger partial charge >= 0.3 is 53.0 Å². The minimum Gasteiger partial charge on any atom is -0.373 e. The fourth-order valence-electron chi connectivity index (χ4n) is 1.42. The molecule has 0 N–H and O–H groups in total. The Balaban J connectivity index is 1.70. The van der Waals surface area contributed by atoms with E-state index < -0.39 is 92.7 Å². The van der Waals surface area contributed by atoms with Crippen LogP contribution in [-0.4, -0.2) is 75.5 Å². The molecule has 0 aromatic rings. The van der Waals surface area contributed by atoms with E-state index in [9.17, 15) is 28.8 Å². The van der Waals surface area contributed by atoms with E-state index in [1.165, 1.54) is 0 Å². The van der Waals surface area contributed by atoms with Gasteiger partial charge in [-0.05, 0) is 0 Å². The van der Waals surface area contributed by atoms with Gasteiger partial charge in [0.1, 0.15) is 39.6 Å². The Kier molecular flexibility index (Phi) is 9.09. The summed E-state index contributed by atoms with van der Waals surface area (Å²) in [7, 11) is -5.29. The predicted molar refractivity (Wildman–Crippen MR) is 82.8 cm³/mol. The highest BCUT2D eigenvalue weighted by atomic mass is 31.2. The highest BCUT2D eigenvalue weighted by Gasteiger charge is 2.31. The first-order valence-electron chi connectivity index (χ1n) is 7.40. The minimum atomic E-state index is -2.64. The normalized spacial score (nSPS) is 19.3. The minimum absolute atomic E-state index is 0.530. The van der Waals surface area contributed by atoms with Crippen LogP contribution in [0.4, 0.5) is 0 Å². The van der Waals surface area contributed by atoms with Crippen LogP contribution >= 0.6 is 17.2 Å². The van der Waals surface area contributed by atoms with Crippen molar-refractivity contribution < 1.29 is 70.1 Å². The summed E-state index contributed by atoms with van der Waals surface area (Å²) in [6.07, 6.45) is 0. The zero-order valence-electron chi connectivity index (χ0n) is 14.3. The van der Waals surface area contributed by atoms with Crippen LogP contribution in [-0.2, 0) is 70.1 Å². The average Bonchev–Trinajstić information content (AvgIpc) is 2.58. The highest BCUT2D eigenvalue weighted by molar-refractivity contribution is 7.43. The molecule has 2 aliphatic heterocycles. The lowest BCUT2D eigenvalue weighted by Crippen LogP contribution is -2.24. The Morgan fingerprint density at radius 1 is 0.655 bits per heavy atom. The molecule has 17 heteroatoms. The van der Waals surface area contributed by atoms with E-state index in [-0.39, 0.29) is 0 Å². The standard InChI is InChI=1S/C12H12O15P2/c13-7-1-19-2-8(14)23-28(22-7)26-11(17)5-21-6-12(18)27-29-24-9(15)3-20-4-10(16)25-29/h1-6H2. The summed E-state index contributed by atoms with van der Waals surface area (Å²) in [6.45, 7) is -3.75. The molecular weight excluding hydrogens is 446 g/mol. The molecule has 29 heavy (non-hydrogen) atoms. The van der Waals surface area contributed by atoms with Crippen LogP contribution in [0.15, 0.2) is 0 Å². The zero-order valence-corrected chi connectivity index (χ0v) is 16.0. The van der Waals surface area contributed by atoms with E-state index in [0.29, 0.717) is 0 Å². The molecule has 0 aromatic carbocycles. The van der Waals surface area contributed by atoms with E-state index in [1.54, 1.807) is 0 Å². The molecule has 2 rings (SSSR count). The maximum atomic E-state index is 11.6. The molecule has 160 valence electrons. The van der Waals surface area contributed by atoms with E-state index in [0.717, 1.165) is 0 Å². The van der Waals surface area contributed by atoms with Crippen LogP contribution in [0.25, 0.3) is 0 Å². The highest BCUT2D eigenvalue weighted by Crippen LogP contribution is 2.41. The molecule has 0 spiro atoms. The summed E-state index contributed by atoms with van der Waals surface area (Å²) in [5.41, 5.74) is 0. The Hall–Kier alpha value is -2.44. The molecule has 0 bridgehead atoms. The molecule has 2 aliphatic rings. The fourth-order valence-corrected chi connectivity index (χ4v) is 2.96. The van der Waals surface area contributed by atoms with Crippen molar-refractivity contribution in [1.29, 1.82) is 0 Å². The number of carbonyl (C=O) groups excluding carboxylic acids is 6. The van der Waals surface area contributed by atoms with Gasteiger partial charge in [0.15, 0.2) is 0 Å². The van der Waals surface area contributed by atoms with Crippen molar-refractivity contribution in [1.82, 2.24) is 0 Å². The molecule has 0 radical (unpaired) electrons. The van der Waals surface area contributed by atoms with Crippen LogP contribution in [0.5, 0.6) is 0 Å². The molecular formula is C12H12O15P2. The molecule has 2 saturated heterocycles. The van der Waals surface area contributed by atoms with Gasteiger partial charge in [0.2, 0.25) is 0 Å². The summed E-state index contributed by atoms with van der Waals surface area (Å²) >= 11 is 0. The van der Waals surface area contributed by atoms with Crippen molar-refractivity contribution in [2.24, 2.45) is 0 Å². The Morgan fingerprint density at radius 2 is 0.966 bits per heavy atom. The summed E-state index contributed by atoms with van der Waals surface area (Å²) in [5.74, 6) is -5.93. The van der Waals surface area contributed by atoms with Crippen LogP contribution < -0.4 is 0 Å². The van der Waals surface area contributed by atoms with Gasteiger partial charge in [-0.25, -0.2) is 28.8 Å². The second-order valence-electron chi connectivity index (χ2n) is 4.71. The monoisotopic (exact) mass is 458 g/mol. The second-order valence-corrected chi connectivity index (χ2v) is 6.70. The first-order chi connectivity index (χ1) is 13.8. The van der Waals surface area contributed by atoms with E-state index in [4.69, 9.17) is 4.74 Å². The van der Waals surface area contributed by atoms with E-state index in [2.05, 4.69) is 36.6 Å². The van der Waals surface area contributed by atoms with Crippen molar-refractivity contribution in [3.8, 4) is 0 Å². The van der Waals surface area contributed by atoms with Gasteiger partial charge in [0, 0.05) is 0 Å². The Labute approximate surface area is 163 Å². The quantitative estimate of drug-likeness (QED) is 0.431. The lowest BCUT2D eigenvalue weighted by molar-refractivity contribution is -0.155. The number of ether oxygens (including phenoxy) is 3. The second kappa shape index (κ2) is 11.5. The first-order valence-corrected chi connectivity index (χ1v) is 9.59. The summed E-state index contributed by atoms with van der Waals surface area (Å²) in [6, 6.07) is 0. The van der Waals surface area contributed by atoms with Crippen molar-refractivity contribution in [3.63, 3.8) is 0 Å². The number of rotatable bonds is 6. The smallest absolute Gasteiger partial charge is 0.373 e. The molecule has 15 nitrogen and oxygen atoms in total. The molecule has 2 fully saturated rings. The number of hydrogen-bond acceptors (Lipinski definition) is 15. The van der Waals surface area contributed by atoms with Gasteiger partial charge in [0.05, 0.1) is 0 Å². The van der Waals surface area contributed by atoms with E-state index >= 15 is 0 Å². The fraction of sp³-hybridized carbons (Fsp3) is 0.500. The number of carbonyl (C=O) groups is 6. The van der Waals surface area contributed by atoms with Crippen LogP contribution in [0.3, 0.4) is 0 Å². The third-order valence-electron chi connectivity index (χ3n) is 2.38. The summed E-state index contributed by atoms with van der Waals surface area (Å²) < 4.78 is 41.4. The largest absolute Gasteiger partial charge is 0.537 e. The number of hydrogen-bond donors (Lipinski definition) is 0. The van der Waals surface area contributed by atoms with Crippen LogP contribution in [0.1, 0.15) is 0 Å². The Bertz CT molecular complexity index is 586. The lowest BCUT2D eigenvalue weighted by Gasteiger charge is -2.17. The van der Waals surface area contributed by atoms with Gasteiger partial charge in [0.25, 0.3) is 0 Å². The van der Waals surface area contributed by atoms with Crippen LogP contribution in [0, 0.1) is 0 Å². The molecule has 0 atom stereocenters. The van der Waals surface area contributed by atoms with Gasteiger partial charge in [-0.15, -0.1) is 0 Å². The molecule has 2 heterocycles. The maximum absolute atomic E-state index is 11.6. The maximum Gasteiger partial charge on any atom is 0.537 e. The van der Waals surface area contributed by atoms with Gasteiger partial charge in [-0.1, -0.05) is 0 Å². The molecule has 0 aromatic heterocycles. The van der Waals surface area contributed by atoms with Gasteiger partial charge in [-0.3, -0.25) is 0 Å². The van der Waals surface area contributed by atoms with Crippen molar-refractivity contribution in [2.75, 3.05) is 39.6 Å². The van der Waals surface area contributed by atoms with Gasteiger partial charge < -0.3 is 41.4 Å². The van der Waals surface area contributed by atoms with Crippen molar-refractivity contribution >= 4 is 53.0 Å². The van der Waals surface area contributed by atoms with Gasteiger partial charge in [-0.2, -0.15) is 0 Å². The van der Waals surface area contributed by atoms with Crippen LogP contribution in [0.2, 0.25) is 0 Å². The average molecular weight is 458 g/mol. The molecule has 0 amide bonds. The predicted octanol–water partition coefficient (Wildman–Crippen LogP) is -1.22. The van der Waals surface area contributed by atoms with E-state index in [1.807, 2.05) is 0 Å². The summed E-state index contributed by atoms with van der Waals surface area (Å²) in [5, 5.41) is 0. The summed E-state index contributed by atoms with van der Waals surface area (Å²) in [4.78, 5) is 68.2. The van der Waals surface area contributed by atoms with Crippen molar-refractivity contribution in [2.45, 2.75) is 0 Å². The topological polar surface area (TPSA) is 185 Å².